The zero-order valence-corrected chi connectivity index (χ0v) is 15.3. The van der Waals surface area contributed by atoms with Crippen LogP contribution in [0, 0.1) is 5.82 Å². The summed E-state index contributed by atoms with van der Waals surface area (Å²) >= 11 is 0. The number of benzene rings is 1. The quantitative estimate of drug-likeness (QED) is 0.787. The summed E-state index contributed by atoms with van der Waals surface area (Å²) in [5.41, 5.74) is 4.36. The summed E-state index contributed by atoms with van der Waals surface area (Å²) < 4.78 is 19.2. The first-order valence-corrected chi connectivity index (χ1v) is 9.24. The van der Waals surface area contributed by atoms with Gasteiger partial charge in [-0.2, -0.15) is 0 Å². The minimum Gasteiger partial charge on any atom is -0.480 e. The zero-order valence-electron chi connectivity index (χ0n) is 15.3. The van der Waals surface area contributed by atoms with Crippen LogP contribution in [0.2, 0.25) is 0 Å². The Bertz CT molecular complexity index is 832. The Morgan fingerprint density at radius 1 is 1.27 bits per heavy atom. The van der Waals surface area contributed by atoms with Crippen molar-refractivity contribution in [3.8, 4) is 5.88 Å². The van der Waals surface area contributed by atoms with Crippen LogP contribution >= 0.6 is 0 Å². The molecule has 1 aliphatic carbocycles. The second-order valence-electron chi connectivity index (χ2n) is 7.15. The largest absolute Gasteiger partial charge is 0.480 e. The van der Waals surface area contributed by atoms with E-state index in [1.165, 1.54) is 30.6 Å². The van der Waals surface area contributed by atoms with Gasteiger partial charge in [0.2, 0.25) is 5.88 Å². The van der Waals surface area contributed by atoms with Crippen molar-refractivity contribution >= 4 is 6.08 Å². The highest BCUT2D eigenvalue weighted by Gasteiger charge is 2.33. The van der Waals surface area contributed by atoms with Crippen molar-refractivity contribution in [1.29, 1.82) is 0 Å². The maximum Gasteiger partial charge on any atom is 0.235 e. The molecule has 5 heteroatoms. The molecule has 2 heterocycles. The van der Waals surface area contributed by atoms with Crippen LogP contribution in [-0.4, -0.2) is 41.6 Å². The summed E-state index contributed by atoms with van der Waals surface area (Å²) in [5.74, 6) is 0.663. The number of halogens is 1. The van der Waals surface area contributed by atoms with Crippen LogP contribution in [0.5, 0.6) is 5.88 Å². The van der Waals surface area contributed by atoms with Crippen LogP contribution in [-0.2, 0) is 0 Å². The summed E-state index contributed by atoms with van der Waals surface area (Å²) in [6.45, 7) is 5.59. The van der Waals surface area contributed by atoms with E-state index in [4.69, 9.17) is 4.74 Å². The Kier molecular flexibility index (Phi) is 4.72. The molecule has 1 aromatic heterocycles. The smallest absolute Gasteiger partial charge is 0.235 e. The van der Waals surface area contributed by atoms with Gasteiger partial charge in [-0.25, -0.2) is 9.37 Å². The summed E-state index contributed by atoms with van der Waals surface area (Å²) in [6.07, 6.45) is 7.81. The fraction of sp³-hybridized carbons (Fsp3) is 0.429. The Hall–Kier alpha value is -2.27. The Labute approximate surface area is 153 Å². The fourth-order valence-electron chi connectivity index (χ4n) is 4.12. The molecule has 2 atom stereocenters. The molecule has 0 N–H and O–H groups in total. The lowest BCUT2D eigenvalue weighted by Gasteiger charge is -2.32. The van der Waals surface area contributed by atoms with E-state index in [0.717, 1.165) is 24.2 Å². The number of rotatable bonds is 6. The number of hydrogen-bond donors (Lipinski definition) is 0. The Morgan fingerprint density at radius 2 is 2.08 bits per heavy atom. The van der Waals surface area contributed by atoms with Gasteiger partial charge in [0, 0.05) is 30.8 Å². The summed E-state index contributed by atoms with van der Waals surface area (Å²) in [5, 5.41) is 0. The van der Waals surface area contributed by atoms with E-state index in [1.807, 2.05) is 6.07 Å². The van der Waals surface area contributed by atoms with Gasteiger partial charge in [-0.05, 0) is 49.2 Å². The van der Waals surface area contributed by atoms with E-state index in [9.17, 15) is 4.39 Å². The molecule has 2 unspecified atom stereocenters. The van der Waals surface area contributed by atoms with Gasteiger partial charge in [0.25, 0.3) is 0 Å². The number of fused-ring (bicyclic) bond motifs is 1. The molecule has 1 aromatic carbocycles. The lowest BCUT2D eigenvalue weighted by Crippen LogP contribution is -2.37. The highest BCUT2D eigenvalue weighted by molar-refractivity contribution is 5.67. The summed E-state index contributed by atoms with van der Waals surface area (Å²) in [7, 11) is 1.62. The minimum atomic E-state index is -0.188. The maximum absolute atomic E-state index is 13.8. The van der Waals surface area contributed by atoms with Crippen molar-refractivity contribution in [3.63, 3.8) is 0 Å². The average Bonchev–Trinajstić information content (AvgIpc) is 2.97. The van der Waals surface area contributed by atoms with E-state index >= 15 is 0 Å². The van der Waals surface area contributed by atoms with Crippen LogP contribution in [0.15, 0.2) is 36.2 Å². The molecule has 0 spiro atoms. The first-order chi connectivity index (χ1) is 12.7. The third-order valence-corrected chi connectivity index (χ3v) is 5.61. The van der Waals surface area contributed by atoms with Gasteiger partial charge >= 0.3 is 0 Å². The first kappa shape index (κ1) is 17.2. The third kappa shape index (κ3) is 3.12. The molecule has 1 saturated heterocycles. The van der Waals surface area contributed by atoms with Crippen molar-refractivity contribution in [2.75, 3.05) is 26.7 Å². The average molecular weight is 353 g/mol. The maximum atomic E-state index is 13.8. The number of ether oxygens (including phenoxy) is 1. The minimum absolute atomic E-state index is 0.105. The molecule has 4 rings (SSSR count). The normalized spacial score (nSPS) is 20.3. The van der Waals surface area contributed by atoms with Crippen molar-refractivity contribution in [2.24, 2.45) is 0 Å². The van der Waals surface area contributed by atoms with E-state index in [2.05, 4.69) is 27.9 Å². The molecule has 0 amide bonds. The predicted octanol–water partition coefficient (Wildman–Crippen LogP) is 4.00. The number of methoxy groups -OCH3 is 1. The lowest BCUT2D eigenvalue weighted by molar-refractivity contribution is 0.183. The molecule has 26 heavy (non-hydrogen) atoms. The van der Waals surface area contributed by atoms with E-state index in [1.54, 1.807) is 31.6 Å². The van der Waals surface area contributed by atoms with Crippen molar-refractivity contribution in [1.82, 2.24) is 14.9 Å². The lowest BCUT2D eigenvalue weighted by atomic mass is 9.81. The molecular weight excluding hydrogens is 329 g/mol. The zero-order chi connectivity index (χ0) is 18.1. The summed E-state index contributed by atoms with van der Waals surface area (Å²) in [6, 6.07) is 5.11. The second kappa shape index (κ2) is 7.16. The SMILES string of the molecule is COc1nccnc1C(C)C1C(CCN2CCC2)=Cc2cc(F)ccc21. The van der Waals surface area contributed by atoms with Crippen LogP contribution in [0.4, 0.5) is 4.39 Å². The van der Waals surface area contributed by atoms with Gasteiger partial charge < -0.3 is 9.64 Å². The molecule has 0 saturated carbocycles. The molecule has 0 radical (unpaired) electrons. The van der Waals surface area contributed by atoms with Gasteiger partial charge in [0.15, 0.2) is 0 Å². The van der Waals surface area contributed by atoms with Crippen LogP contribution in [0.1, 0.15) is 48.4 Å². The monoisotopic (exact) mass is 353 g/mol. The third-order valence-electron chi connectivity index (χ3n) is 5.61. The van der Waals surface area contributed by atoms with Crippen LogP contribution < -0.4 is 4.74 Å². The van der Waals surface area contributed by atoms with Crippen LogP contribution in [0.3, 0.4) is 0 Å². The van der Waals surface area contributed by atoms with Gasteiger partial charge in [0.05, 0.1) is 7.11 Å². The molecule has 0 bridgehead atoms. The number of aromatic nitrogens is 2. The van der Waals surface area contributed by atoms with E-state index in [0.29, 0.717) is 5.88 Å². The van der Waals surface area contributed by atoms with Crippen LogP contribution in [0.25, 0.3) is 6.08 Å². The van der Waals surface area contributed by atoms with Crippen molar-refractivity contribution in [2.45, 2.75) is 31.6 Å². The number of nitrogens with zero attached hydrogens (tertiary/aromatic N) is 3. The molecule has 2 aromatic rings. The molecule has 4 nitrogen and oxygen atoms in total. The molecule has 1 fully saturated rings. The Morgan fingerprint density at radius 3 is 2.81 bits per heavy atom. The van der Waals surface area contributed by atoms with E-state index < -0.39 is 0 Å². The molecular formula is C21H24FN3O. The second-order valence-corrected chi connectivity index (χ2v) is 7.15. The van der Waals surface area contributed by atoms with Gasteiger partial charge in [-0.15, -0.1) is 0 Å². The number of hydrogen-bond acceptors (Lipinski definition) is 4. The van der Waals surface area contributed by atoms with Gasteiger partial charge in [-0.1, -0.05) is 24.6 Å². The van der Waals surface area contributed by atoms with Gasteiger partial charge in [-0.3, -0.25) is 4.98 Å². The summed E-state index contributed by atoms with van der Waals surface area (Å²) in [4.78, 5) is 11.3. The number of likely N-dealkylation sites (tertiary alicyclic amines) is 1. The van der Waals surface area contributed by atoms with E-state index in [-0.39, 0.29) is 17.7 Å². The molecule has 136 valence electrons. The first-order valence-electron chi connectivity index (χ1n) is 9.24. The van der Waals surface area contributed by atoms with Crippen molar-refractivity contribution < 1.29 is 9.13 Å². The predicted molar refractivity (Wildman–Crippen MR) is 99.8 cm³/mol. The Balaban J connectivity index is 1.67. The van der Waals surface area contributed by atoms with Crippen molar-refractivity contribution in [3.05, 3.63) is 58.8 Å². The highest BCUT2D eigenvalue weighted by Crippen LogP contribution is 2.47. The highest BCUT2D eigenvalue weighted by atomic mass is 19.1. The topological polar surface area (TPSA) is 38.3 Å². The molecule has 1 aliphatic heterocycles. The fourth-order valence-corrected chi connectivity index (χ4v) is 4.12. The molecule has 2 aliphatic rings. The van der Waals surface area contributed by atoms with Gasteiger partial charge in [0.1, 0.15) is 11.5 Å². The standard InChI is InChI=1S/C21H24FN3O/c1-14(20-21(26-2)24-8-7-23-20)19-15(6-11-25-9-3-10-25)12-16-13-17(22)4-5-18(16)19/h4-5,7-8,12-14,19H,3,6,9-11H2,1-2H3.